The number of carbonyl (C=O) groups excluding carboxylic acids is 2. The van der Waals surface area contributed by atoms with Gasteiger partial charge >= 0.3 is 5.97 Å². The van der Waals surface area contributed by atoms with E-state index in [1.807, 2.05) is 0 Å². The molecule has 0 aliphatic carbocycles. The van der Waals surface area contributed by atoms with Gasteiger partial charge in [0.1, 0.15) is 23.7 Å². The summed E-state index contributed by atoms with van der Waals surface area (Å²) in [5, 5.41) is 2.49. The molecule has 5 nitrogen and oxygen atoms in total. The third kappa shape index (κ3) is 3.59. The molecular weight excluding hydrogens is 449 g/mol. The minimum Gasteiger partial charge on any atom is -0.491 e. The van der Waals surface area contributed by atoms with Crippen LogP contribution < -0.4 is 10.1 Å². The molecular formula is C16H18Br2FNO4. The largest absolute Gasteiger partial charge is 0.491 e. The van der Waals surface area contributed by atoms with E-state index >= 15 is 0 Å². The standard InChI is InChI=1S/C16H18Br2FNO4/c1-16(2,3)15(22)20-12-9(19)5-7-11(18)8(17)6-24-13(7)10(12)14(21)23-4/h5,8,11H,6H2,1-4H3,(H,20,22). The molecule has 2 atom stereocenters. The lowest BCUT2D eigenvalue weighted by molar-refractivity contribution is -0.123. The summed E-state index contributed by atoms with van der Waals surface area (Å²) in [4.78, 5) is 24.2. The van der Waals surface area contributed by atoms with Crippen LogP contribution in [0.15, 0.2) is 6.07 Å². The van der Waals surface area contributed by atoms with Crippen LogP contribution in [0, 0.1) is 11.2 Å². The Bertz CT molecular complexity index is 688. The molecule has 1 aromatic rings. The van der Waals surface area contributed by atoms with Crippen LogP contribution in [0.5, 0.6) is 5.75 Å². The van der Waals surface area contributed by atoms with Gasteiger partial charge in [-0.25, -0.2) is 9.18 Å². The lowest BCUT2D eigenvalue weighted by Gasteiger charge is -2.29. The van der Waals surface area contributed by atoms with Crippen molar-refractivity contribution in [1.82, 2.24) is 0 Å². The number of halogens is 3. The molecule has 0 spiro atoms. The molecule has 132 valence electrons. The van der Waals surface area contributed by atoms with Gasteiger partial charge in [-0.05, 0) is 6.07 Å². The summed E-state index contributed by atoms with van der Waals surface area (Å²) in [5.74, 6) is -1.70. The van der Waals surface area contributed by atoms with E-state index in [9.17, 15) is 14.0 Å². The molecule has 1 amide bonds. The normalized spacial score (nSPS) is 20.0. The molecule has 0 radical (unpaired) electrons. The molecule has 1 heterocycles. The van der Waals surface area contributed by atoms with E-state index in [4.69, 9.17) is 9.47 Å². The zero-order chi connectivity index (χ0) is 18.2. The van der Waals surface area contributed by atoms with Crippen molar-refractivity contribution in [2.45, 2.75) is 30.4 Å². The van der Waals surface area contributed by atoms with E-state index in [1.54, 1.807) is 20.8 Å². The van der Waals surface area contributed by atoms with Gasteiger partial charge in [0.15, 0.2) is 0 Å². The van der Waals surface area contributed by atoms with Crippen molar-refractivity contribution in [3.8, 4) is 5.75 Å². The Morgan fingerprint density at radius 3 is 2.54 bits per heavy atom. The molecule has 24 heavy (non-hydrogen) atoms. The fraction of sp³-hybridized carbons (Fsp3) is 0.500. The molecule has 1 aromatic carbocycles. The number of carbonyl (C=O) groups is 2. The lowest BCUT2D eigenvalue weighted by atomic mass is 9.94. The molecule has 2 unspecified atom stereocenters. The smallest absolute Gasteiger partial charge is 0.343 e. The maximum atomic E-state index is 14.7. The van der Waals surface area contributed by atoms with Crippen molar-refractivity contribution in [3.63, 3.8) is 0 Å². The molecule has 0 saturated heterocycles. The molecule has 0 aromatic heterocycles. The van der Waals surface area contributed by atoms with Crippen LogP contribution >= 0.6 is 31.9 Å². The van der Waals surface area contributed by atoms with E-state index < -0.39 is 23.1 Å². The van der Waals surface area contributed by atoms with Gasteiger partial charge in [0.2, 0.25) is 5.91 Å². The van der Waals surface area contributed by atoms with E-state index in [-0.39, 0.29) is 33.3 Å². The third-order valence-corrected chi connectivity index (χ3v) is 6.20. The molecule has 1 aliphatic heterocycles. The highest BCUT2D eigenvalue weighted by molar-refractivity contribution is 9.12. The number of alkyl halides is 2. The highest BCUT2D eigenvalue weighted by Gasteiger charge is 2.35. The van der Waals surface area contributed by atoms with Crippen LogP contribution in [0.3, 0.4) is 0 Å². The number of ether oxygens (including phenoxy) is 2. The second kappa shape index (κ2) is 7.00. The van der Waals surface area contributed by atoms with Crippen LogP contribution in [0.25, 0.3) is 0 Å². The van der Waals surface area contributed by atoms with Crippen LogP contribution in [0.2, 0.25) is 0 Å². The molecule has 0 fully saturated rings. The summed E-state index contributed by atoms with van der Waals surface area (Å²) in [6.07, 6.45) is 0. The number of hydrogen-bond acceptors (Lipinski definition) is 4. The van der Waals surface area contributed by atoms with Gasteiger partial charge in [-0.15, -0.1) is 0 Å². The Balaban J connectivity index is 2.63. The molecule has 2 rings (SSSR count). The highest BCUT2D eigenvalue weighted by atomic mass is 79.9. The van der Waals surface area contributed by atoms with Gasteiger partial charge < -0.3 is 14.8 Å². The van der Waals surface area contributed by atoms with E-state index in [0.29, 0.717) is 5.56 Å². The first-order valence-electron chi connectivity index (χ1n) is 7.25. The molecule has 0 saturated carbocycles. The number of anilines is 1. The summed E-state index contributed by atoms with van der Waals surface area (Å²) >= 11 is 6.90. The molecule has 8 heteroatoms. The minimum atomic E-state index is -0.775. The predicted molar refractivity (Wildman–Crippen MR) is 95.7 cm³/mol. The van der Waals surface area contributed by atoms with Gasteiger partial charge in [0.05, 0.1) is 22.5 Å². The Kier molecular flexibility index (Phi) is 5.59. The van der Waals surface area contributed by atoms with Crippen molar-refractivity contribution >= 4 is 49.4 Å². The summed E-state index contributed by atoms with van der Waals surface area (Å²) < 4.78 is 25.1. The summed E-state index contributed by atoms with van der Waals surface area (Å²) in [6, 6.07) is 1.26. The second-order valence-electron chi connectivity index (χ2n) is 6.45. The van der Waals surface area contributed by atoms with Crippen molar-refractivity contribution in [1.29, 1.82) is 0 Å². The fourth-order valence-electron chi connectivity index (χ4n) is 2.17. The average Bonchev–Trinajstić information content (AvgIpc) is 2.50. The maximum absolute atomic E-state index is 14.7. The maximum Gasteiger partial charge on any atom is 0.343 e. The highest BCUT2D eigenvalue weighted by Crippen LogP contribution is 2.46. The molecule has 1 N–H and O–H groups in total. The number of nitrogens with one attached hydrogen (secondary N) is 1. The Labute approximate surface area is 156 Å². The van der Waals surface area contributed by atoms with Gasteiger partial charge in [-0.2, -0.15) is 0 Å². The van der Waals surface area contributed by atoms with E-state index in [0.717, 1.165) is 0 Å². The Hall–Kier alpha value is -1.15. The van der Waals surface area contributed by atoms with Crippen molar-refractivity contribution in [3.05, 3.63) is 23.0 Å². The molecule has 0 bridgehead atoms. The van der Waals surface area contributed by atoms with Crippen LogP contribution in [0.1, 0.15) is 41.5 Å². The number of amides is 1. The summed E-state index contributed by atoms with van der Waals surface area (Å²) in [7, 11) is 1.19. The van der Waals surface area contributed by atoms with Gasteiger partial charge in [0, 0.05) is 11.0 Å². The summed E-state index contributed by atoms with van der Waals surface area (Å²) in [5.41, 5.74) is -0.618. The lowest BCUT2D eigenvalue weighted by Crippen LogP contribution is -2.30. The Morgan fingerprint density at radius 1 is 1.38 bits per heavy atom. The zero-order valence-electron chi connectivity index (χ0n) is 13.7. The van der Waals surface area contributed by atoms with Crippen LogP contribution in [0.4, 0.5) is 10.1 Å². The topological polar surface area (TPSA) is 64.6 Å². The number of benzene rings is 1. The fourth-order valence-corrected chi connectivity index (χ4v) is 3.08. The first kappa shape index (κ1) is 19.2. The van der Waals surface area contributed by atoms with Crippen molar-refractivity contribution in [2.24, 2.45) is 5.41 Å². The van der Waals surface area contributed by atoms with E-state index in [1.165, 1.54) is 13.2 Å². The van der Waals surface area contributed by atoms with Crippen LogP contribution in [-0.4, -0.2) is 30.4 Å². The number of methoxy groups -OCH3 is 1. The first-order valence-corrected chi connectivity index (χ1v) is 9.08. The average molecular weight is 467 g/mol. The first-order chi connectivity index (χ1) is 11.1. The monoisotopic (exact) mass is 465 g/mol. The SMILES string of the molecule is COC(=O)c1c(NC(=O)C(C)(C)C)c(F)cc2c1OCC(Br)C2Br. The Morgan fingerprint density at radius 2 is 2.00 bits per heavy atom. The minimum absolute atomic E-state index is 0.0788. The zero-order valence-corrected chi connectivity index (χ0v) is 16.9. The number of fused-ring (bicyclic) bond motifs is 1. The number of esters is 1. The predicted octanol–water partition coefficient (Wildman–Crippen LogP) is 4.19. The van der Waals surface area contributed by atoms with Crippen molar-refractivity contribution in [2.75, 3.05) is 19.0 Å². The van der Waals surface area contributed by atoms with Crippen molar-refractivity contribution < 1.29 is 23.5 Å². The summed E-state index contributed by atoms with van der Waals surface area (Å²) in [6.45, 7) is 5.36. The van der Waals surface area contributed by atoms with Gasteiger partial charge in [-0.3, -0.25) is 4.79 Å². The number of rotatable bonds is 2. The van der Waals surface area contributed by atoms with E-state index in [2.05, 4.69) is 37.2 Å². The molecule has 1 aliphatic rings. The van der Waals surface area contributed by atoms with Crippen LogP contribution in [-0.2, 0) is 9.53 Å². The second-order valence-corrected chi connectivity index (χ2v) is 8.61. The number of hydrogen-bond donors (Lipinski definition) is 1. The quantitative estimate of drug-likeness (QED) is 0.524. The van der Waals surface area contributed by atoms with Gasteiger partial charge in [-0.1, -0.05) is 52.6 Å². The third-order valence-electron chi connectivity index (χ3n) is 3.57. The van der Waals surface area contributed by atoms with Gasteiger partial charge in [0.25, 0.3) is 0 Å².